The first kappa shape index (κ1) is 16.9. The highest BCUT2D eigenvalue weighted by molar-refractivity contribution is 7.89. The van der Waals surface area contributed by atoms with E-state index in [0.717, 1.165) is 25.7 Å². The van der Waals surface area contributed by atoms with Gasteiger partial charge >= 0.3 is 0 Å². The third kappa shape index (κ3) is 4.14. The van der Waals surface area contributed by atoms with Crippen LogP contribution in [-0.4, -0.2) is 44.8 Å². The Labute approximate surface area is 139 Å². The maximum atomic E-state index is 12.9. The lowest BCUT2D eigenvalue weighted by Gasteiger charge is -2.37. The number of sulfonamides is 1. The number of hydrogen-bond donors (Lipinski definition) is 0. The number of ether oxygens (including phenoxy) is 1. The third-order valence-electron chi connectivity index (χ3n) is 5.28. The van der Waals surface area contributed by atoms with E-state index in [9.17, 15) is 8.42 Å². The molecule has 0 radical (unpaired) electrons. The highest BCUT2D eigenvalue weighted by atomic mass is 32.2. The molecular weight excluding hydrogens is 310 g/mol. The van der Waals surface area contributed by atoms with Crippen LogP contribution < -0.4 is 0 Å². The summed E-state index contributed by atoms with van der Waals surface area (Å²) in [6.07, 6.45) is 3.68. The lowest BCUT2D eigenvalue weighted by atomic mass is 9.85. The Morgan fingerprint density at radius 2 is 1.91 bits per heavy atom. The molecule has 1 unspecified atom stereocenters. The van der Waals surface area contributed by atoms with E-state index in [2.05, 4.69) is 19.1 Å². The number of benzene rings is 1. The fourth-order valence-corrected chi connectivity index (χ4v) is 5.90. The van der Waals surface area contributed by atoms with E-state index in [1.54, 1.807) is 4.31 Å². The predicted octanol–water partition coefficient (Wildman–Crippen LogP) is 3.01. The summed E-state index contributed by atoms with van der Waals surface area (Å²) in [5.41, 5.74) is 1.11. The molecule has 2 saturated heterocycles. The van der Waals surface area contributed by atoms with Gasteiger partial charge in [-0.25, -0.2) is 12.7 Å². The van der Waals surface area contributed by atoms with E-state index in [1.807, 2.05) is 18.2 Å². The Morgan fingerprint density at radius 1 is 1.22 bits per heavy atom. The standard InChI is InChI=1S/C18H27NO3S/c1-18(9-12-22-13-10-18)15-23(20,21)19-11-5-8-17(14-19)16-6-3-2-4-7-16/h2-4,6-7,17H,5,8-15H2,1H3. The van der Waals surface area contributed by atoms with Crippen LogP contribution in [0.5, 0.6) is 0 Å². The van der Waals surface area contributed by atoms with Gasteiger partial charge in [-0.2, -0.15) is 0 Å². The maximum Gasteiger partial charge on any atom is 0.214 e. The van der Waals surface area contributed by atoms with Crippen molar-refractivity contribution in [1.29, 1.82) is 0 Å². The first-order valence-electron chi connectivity index (χ1n) is 8.59. The van der Waals surface area contributed by atoms with Gasteiger partial charge in [0.1, 0.15) is 0 Å². The fraction of sp³-hybridized carbons (Fsp3) is 0.667. The maximum absolute atomic E-state index is 12.9. The van der Waals surface area contributed by atoms with Gasteiger partial charge in [0.2, 0.25) is 10.0 Å². The molecule has 2 aliphatic heterocycles. The number of piperidine rings is 1. The van der Waals surface area contributed by atoms with Crippen molar-refractivity contribution >= 4 is 10.0 Å². The van der Waals surface area contributed by atoms with E-state index in [-0.39, 0.29) is 11.2 Å². The molecule has 0 aromatic heterocycles. The van der Waals surface area contributed by atoms with Crippen LogP contribution in [0.1, 0.15) is 44.1 Å². The highest BCUT2D eigenvalue weighted by Gasteiger charge is 2.37. The van der Waals surface area contributed by atoms with Crippen molar-refractivity contribution in [1.82, 2.24) is 4.31 Å². The van der Waals surface area contributed by atoms with Gasteiger partial charge in [0, 0.05) is 26.3 Å². The van der Waals surface area contributed by atoms with Gasteiger partial charge in [-0.15, -0.1) is 0 Å². The van der Waals surface area contributed by atoms with Crippen molar-refractivity contribution in [2.75, 3.05) is 32.1 Å². The second kappa shape index (κ2) is 6.91. The van der Waals surface area contributed by atoms with Gasteiger partial charge in [0.05, 0.1) is 5.75 Å². The zero-order chi connectivity index (χ0) is 16.3. The molecule has 3 rings (SSSR count). The lowest BCUT2D eigenvalue weighted by Crippen LogP contribution is -2.44. The SMILES string of the molecule is CC1(CS(=O)(=O)N2CCCC(c3ccccc3)C2)CCOCC1. The van der Waals surface area contributed by atoms with Crippen LogP contribution >= 0.6 is 0 Å². The molecule has 0 amide bonds. The van der Waals surface area contributed by atoms with E-state index in [4.69, 9.17) is 4.74 Å². The minimum absolute atomic E-state index is 0.142. The summed E-state index contributed by atoms with van der Waals surface area (Å²) in [6, 6.07) is 10.3. The summed E-state index contributed by atoms with van der Waals surface area (Å²) in [4.78, 5) is 0. The molecule has 0 spiro atoms. The molecule has 128 valence electrons. The average molecular weight is 337 g/mol. The normalized spacial score (nSPS) is 26.0. The molecule has 0 saturated carbocycles. The zero-order valence-electron chi connectivity index (χ0n) is 13.9. The van der Waals surface area contributed by atoms with Gasteiger partial charge in [0.15, 0.2) is 0 Å². The van der Waals surface area contributed by atoms with Gasteiger partial charge in [-0.1, -0.05) is 37.3 Å². The molecule has 0 aliphatic carbocycles. The number of rotatable bonds is 4. The van der Waals surface area contributed by atoms with Crippen LogP contribution in [0, 0.1) is 5.41 Å². The van der Waals surface area contributed by atoms with E-state index < -0.39 is 10.0 Å². The van der Waals surface area contributed by atoms with Gasteiger partial charge in [0.25, 0.3) is 0 Å². The molecular formula is C18H27NO3S. The average Bonchev–Trinajstić information content (AvgIpc) is 2.55. The van der Waals surface area contributed by atoms with Crippen LogP contribution in [0.2, 0.25) is 0 Å². The second-order valence-electron chi connectivity index (χ2n) is 7.29. The van der Waals surface area contributed by atoms with Crippen LogP contribution in [0.4, 0.5) is 0 Å². The molecule has 2 heterocycles. The van der Waals surface area contributed by atoms with Gasteiger partial charge in [-0.3, -0.25) is 0 Å². The largest absolute Gasteiger partial charge is 0.381 e. The molecule has 1 aromatic carbocycles. The van der Waals surface area contributed by atoms with Gasteiger partial charge < -0.3 is 4.74 Å². The molecule has 1 atom stereocenters. The first-order valence-corrected chi connectivity index (χ1v) is 10.2. The van der Waals surface area contributed by atoms with Crippen LogP contribution in [0.15, 0.2) is 30.3 Å². The summed E-state index contributed by atoms with van der Waals surface area (Å²) >= 11 is 0. The summed E-state index contributed by atoms with van der Waals surface area (Å²) in [6.45, 7) is 4.74. The third-order valence-corrected chi connectivity index (χ3v) is 7.46. The van der Waals surface area contributed by atoms with Crippen LogP contribution in [0.3, 0.4) is 0 Å². The van der Waals surface area contributed by atoms with Crippen molar-refractivity contribution in [3.8, 4) is 0 Å². The zero-order valence-corrected chi connectivity index (χ0v) is 14.7. The Hall–Kier alpha value is -0.910. The Morgan fingerprint density at radius 3 is 2.61 bits per heavy atom. The predicted molar refractivity (Wildman–Crippen MR) is 91.9 cm³/mol. The summed E-state index contributed by atoms with van der Waals surface area (Å²) in [7, 11) is -3.20. The Balaban J connectivity index is 1.69. The Bertz CT molecular complexity index is 608. The van der Waals surface area contributed by atoms with E-state index in [1.165, 1.54) is 5.56 Å². The van der Waals surface area contributed by atoms with Crippen LogP contribution in [-0.2, 0) is 14.8 Å². The van der Waals surface area contributed by atoms with Crippen molar-refractivity contribution in [3.63, 3.8) is 0 Å². The number of hydrogen-bond acceptors (Lipinski definition) is 3. The topological polar surface area (TPSA) is 46.6 Å². The fourth-order valence-electron chi connectivity index (χ4n) is 3.73. The molecule has 0 bridgehead atoms. The molecule has 1 aromatic rings. The molecule has 2 aliphatic rings. The lowest BCUT2D eigenvalue weighted by molar-refractivity contribution is 0.0336. The minimum Gasteiger partial charge on any atom is -0.381 e. The van der Waals surface area contributed by atoms with Crippen LogP contribution in [0.25, 0.3) is 0 Å². The smallest absolute Gasteiger partial charge is 0.214 e. The highest BCUT2D eigenvalue weighted by Crippen LogP contribution is 2.34. The monoisotopic (exact) mass is 337 g/mol. The van der Waals surface area contributed by atoms with Crippen molar-refractivity contribution in [2.24, 2.45) is 5.41 Å². The van der Waals surface area contributed by atoms with E-state index >= 15 is 0 Å². The molecule has 2 fully saturated rings. The second-order valence-corrected chi connectivity index (χ2v) is 9.26. The van der Waals surface area contributed by atoms with Crippen molar-refractivity contribution < 1.29 is 13.2 Å². The van der Waals surface area contributed by atoms with Crippen molar-refractivity contribution in [2.45, 2.75) is 38.5 Å². The minimum atomic E-state index is -3.20. The molecule has 4 nitrogen and oxygen atoms in total. The Kier molecular flexibility index (Phi) is 5.09. The molecule has 0 N–H and O–H groups in total. The molecule has 23 heavy (non-hydrogen) atoms. The summed E-state index contributed by atoms with van der Waals surface area (Å²) in [5.74, 6) is 0.576. The van der Waals surface area contributed by atoms with Gasteiger partial charge in [-0.05, 0) is 42.6 Å². The van der Waals surface area contributed by atoms with Crippen molar-refractivity contribution in [3.05, 3.63) is 35.9 Å². The van der Waals surface area contributed by atoms with E-state index in [0.29, 0.717) is 32.2 Å². The number of nitrogens with zero attached hydrogens (tertiary/aromatic N) is 1. The first-order chi connectivity index (χ1) is 11.0. The summed E-state index contributed by atoms with van der Waals surface area (Å²) in [5, 5.41) is 0. The molecule has 5 heteroatoms. The quantitative estimate of drug-likeness (QED) is 0.848. The summed E-state index contributed by atoms with van der Waals surface area (Å²) < 4.78 is 33.0.